The van der Waals surface area contributed by atoms with Gasteiger partial charge in [-0.25, -0.2) is 0 Å². The van der Waals surface area contributed by atoms with Crippen LogP contribution >= 0.6 is 0 Å². The van der Waals surface area contributed by atoms with Gasteiger partial charge in [0.2, 0.25) is 0 Å². The summed E-state index contributed by atoms with van der Waals surface area (Å²) >= 11 is 0. The lowest BCUT2D eigenvalue weighted by Gasteiger charge is -2.12. The predicted molar refractivity (Wildman–Crippen MR) is 34.4 cm³/mol. The van der Waals surface area contributed by atoms with Crippen molar-refractivity contribution in [3.63, 3.8) is 0 Å². The molecule has 0 aromatic heterocycles. The predicted octanol–water partition coefficient (Wildman–Crippen LogP) is -0.0139. The van der Waals surface area contributed by atoms with Gasteiger partial charge in [0.1, 0.15) is 0 Å². The molecule has 3 heteroatoms. The minimum absolute atomic E-state index is 0.120. The molecule has 10 heavy (non-hydrogen) atoms. The molecule has 2 aliphatic heterocycles. The summed E-state index contributed by atoms with van der Waals surface area (Å²) in [5.74, 6) is 0.669. The number of hydrogen-bond acceptors (Lipinski definition) is 3. The molecular formula is C7H12O3. The van der Waals surface area contributed by atoms with Crippen LogP contribution in [-0.2, 0) is 9.47 Å². The summed E-state index contributed by atoms with van der Waals surface area (Å²) in [5, 5.41) is 9.36. The minimum atomic E-state index is -0.303. The Hall–Kier alpha value is -0.120. The maximum Gasteiger partial charge on any atom is 0.163 e. The summed E-state index contributed by atoms with van der Waals surface area (Å²) in [6, 6.07) is 0. The van der Waals surface area contributed by atoms with E-state index in [1.807, 2.05) is 0 Å². The maximum atomic E-state index is 9.36. The smallest absolute Gasteiger partial charge is 0.163 e. The fraction of sp³-hybridized carbons (Fsp3) is 1.00. The Morgan fingerprint density at radius 1 is 1.30 bits per heavy atom. The van der Waals surface area contributed by atoms with E-state index in [1.165, 1.54) is 0 Å². The van der Waals surface area contributed by atoms with E-state index < -0.39 is 0 Å². The van der Waals surface area contributed by atoms with Crippen LogP contribution in [-0.4, -0.2) is 30.7 Å². The Bertz CT molecular complexity index is 123. The molecule has 2 heterocycles. The number of ether oxygens (including phenoxy) is 2. The van der Waals surface area contributed by atoms with Gasteiger partial charge in [0.15, 0.2) is 6.29 Å². The van der Waals surface area contributed by atoms with Gasteiger partial charge in [-0.3, -0.25) is 0 Å². The molecule has 0 bridgehead atoms. The highest BCUT2D eigenvalue weighted by Crippen LogP contribution is 2.35. The molecule has 0 saturated carbocycles. The van der Waals surface area contributed by atoms with Gasteiger partial charge in [-0.2, -0.15) is 0 Å². The standard InChI is InChI=1S/C7H12O3/c1-4-2-9-7-6(4)5(8)3-10-7/h4-8H,2-3H2,1H3/t4-,5-,6+,7-/m0/s1. The summed E-state index contributed by atoms with van der Waals surface area (Å²) in [6.45, 7) is 3.26. The SMILES string of the molecule is C[C@H]1CO[C@H]2OC[C@H](O)[C@H]21. The fourth-order valence-electron chi connectivity index (χ4n) is 1.76. The number of hydrogen-bond donors (Lipinski definition) is 1. The van der Waals surface area contributed by atoms with Crippen LogP contribution in [0.5, 0.6) is 0 Å². The van der Waals surface area contributed by atoms with E-state index in [0.717, 1.165) is 6.61 Å². The average Bonchev–Trinajstić information content (AvgIpc) is 2.40. The molecule has 0 spiro atoms. The van der Waals surface area contributed by atoms with Crippen molar-refractivity contribution in [3.05, 3.63) is 0 Å². The van der Waals surface area contributed by atoms with Gasteiger partial charge in [-0.15, -0.1) is 0 Å². The van der Waals surface area contributed by atoms with Crippen LogP contribution in [0.15, 0.2) is 0 Å². The van der Waals surface area contributed by atoms with Crippen molar-refractivity contribution in [2.45, 2.75) is 19.3 Å². The second-order valence-corrected chi connectivity index (χ2v) is 3.16. The van der Waals surface area contributed by atoms with Crippen molar-refractivity contribution in [2.24, 2.45) is 11.8 Å². The second-order valence-electron chi connectivity index (χ2n) is 3.16. The molecule has 1 N–H and O–H groups in total. The molecule has 2 rings (SSSR count). The Kier molecular flexibility index (Phi) is 1.44. The monoisotopic (exact) mass is 144 g/mol. The summed E-state index contributed by atoms with van der Waals surface area (Å²) in [5.41, 5.74) is 0. The first-order valence-electron chi connectivity index (χ1n) is 3.70. The van der Waals surface area contributed by atoms with Crippen molar-refractivity contribution in [1.29, 1.82) is 0 Å². The fourth-order valence-corrected chi connectivity index (χ4v) is 1.76. The van der Waals surface area contributed by atoms with Gasteiger partial charge in [-0.05, 0) is 5.92 Å². The van der Waals surface area contributed by atoms with E-state index in [4.69, 9.17) is 9.47 Å². The molecule has 0 aromatic rings. The third-order valence-electron chi connectivity index (χ3n) is 2.37. The first kappa shape index (κ1) is 6.58. The zero-order valence-electron chi connectivity index (χ0n) is 5.99. The van der Waals surface area contributed by atoms with E-state index in [1.54, 1.807) is 0 Å². The Morgan fingerprint density at radius 3 is 2.70 bits per heavy atom. The van der Waals surface area contributed by atoms with Gasteiger partial charge < -0.3 is 14.6 Å². The highest BCUT2D eigenvalue weighted by atomic mass is 16.7. The van der Waals surface area contributed by atoms with Crippen LogP contribution in [0.2, 0.25) is 0 Å². The molecule has 0 unspecified atom stereocenters. The van der Waals surface area contributed by atoms with Crippen LogP contribution < -0.4 is 0 Å². The van der Waals surface area contributed by atoms with E-state index in [2.05, 4.69) is 6.92 Å². The van der Waals surface area contributed by atoms with E-state index in [0.29, 0.717) is 12.5 Å². The number of fused-ring (bicyclic) bond motifs is 1. The molecule has 4 atom stereocenters. The number of aliphatic hydroxyl groups excluding tert-OH is 1. The summed E-state index contributed by atoms with van der Waals surface area (Å²) in [4.78, 5) is 0. The molecule has 0 aromatic carbocycles. The van der Waals surface area contributed by atoms with Crippen LogP contribution in [0, 0.1) is 11.8 Å². The van der Waals surface area contributed by atoms with E-state index >= 15 is 0 Å². The quantitative estimate of drug-likeness (QED) is 0.519. The van der Waals surface area contributed by atoms with Gasteiger partial charge in [0, 0.05) is 5.92 Å². The molecule has 58 valence electrons. The Morgan fingerprint density at radius 2 is 2.00 bits per heavy atom. The van der Waals surface area contributed by atoms with Crippen LogP contribution in [0.4, 0.5) is 0 Å². The van der Waals surface area contributed by atoms with E-state index in [-0.39, 0.29) is 18.3 Å². The minimum Gasteiger partial charge on any atom is -0.390 e. The lowest BCUT2D eigenvalue weighted by atomic mass is 9.93. The largest absolute Gasteiger partial charge is 0.390 e. The molecule has 0 radical (unpaired) electrons. The van der Waals surface area contributed by atoms with Gasteiger partial charge >= 0.3 is 0 Å². The molecule has 3 nitrogen and oxygen atoms in total. The van der Waals surface area contributed by atoms with Crippen molar-refractivity contribution in [1.82, 2.24) is 0 Å². The third-order valence-corrected chi connectivity index (χ3v) is 2.37. The highest BCUT2D eigenvalue weighted by Gasteiger charge is 2.45. The first-order chi connectivity index (χ1) is 4.79. The number of aliphatic hydroxyl groups is 1. The van der Waals surface area contributed by atoms with Crippen molar-refractivity contribution < 1.29 is 14.6 Å². The summed E-state index contributed by atoms with van der Waals surface area (Å²) in [6.07, 6.45) is -0.424. The zero-order valence-corrected chi connectivity index (χ0v) is 5.99. The van der Waals surface area contributed by atoms with Crippen molar-refractivity contribution in [2.75, 3.05) is 13.2 Å². The van der Waals surface area contributed by atoms with Gasteiger partial charge in [0.25, 0.3) is 0 Å². The normalized spacial score (nSPS) is 53.4. The topological polar surface area (TPSA) is 38.7 Å². The van der Waals surface area contributed by atoms with Gasteiger partial charge in [0.05, 0.1) is 19.3 Å². The van der Waals surface area contributed by atoms with Crippen molar-refractivity contribution in [3.8, 4) is 0 Å². The van der Waals surface area contributed by atoms with Crippen LogP contribution in [0.1, 0.15) is 6.92 Å². The average molecular weight is 144 g/mol. The maximum absolute atomic E-state index is 9.36. The lowest BCUT2D eigenvalue weighted by Crippen LogP contribution is -2.24. The Balaban J connectivity index is 2.11. The second kappa shape index (κ2) is 2.19. The molecule has 2 aliphatic rings. The highest BCUT2D eigenvalue weighted by molar-refractivity contribution is 4.86. The lowest BCUT2D eigenvalue weighted by molar-refractivity contribution is -0.0908. The molecule has 2 saturated heterocycles. The third kappa shape index (κ3) is 0.779. The summed E-state index contributed by atoms with van der Waals surface area (Å²) in [7, 11) is 0. The van der Waals surface area contributed by atoms with Crippen molar-refractivity contribution >= 4 is 0 Å². The van der Waals surface area contributed by atoms with E-state index in [9.17, 15) is 5.11 Å². The molecule has 2 fully saturated rings. The first-order valence-corrected chi connectivity index (χ1v) is 3.70. The molecular weight excluding hydrogens is 132 g/mol. The molecule has 0 aliphatic carbocycles. The zero-order chi connectivity index (χ0) is 7.14. The number of rotatable bonds is 0. The van der Waals surface area contributed by atoms with Crippen LogP contribution in [0.3, 0.4) is 0 Å². The molecule has 0 amide bonds. The van der Waals surface area contributed by atoms with Crippen LogP contribution in [0.25, 0.3) is 0 Å². The summed E-state index contributed by atoms with van der Waals surface area (Å²) < 4.78 is 10.5. The Labute approximate surface area is 59.9 Å². The van der Waals surface area contributed by atoms with Gasteiger partial charge in [-0.1, -0.05) is 6.92 Å².